The molecule has 1 aromatic carbocycles. The van der Waals surface area contributed by atoms with E-state index in [4.69, 9.17) is 0 Å². The fourth-order valence-electron chi connectivity index (χ4n) is 3.52. The third kappa shape index (κ3) is 1.77. The molecule has 0 radical (unpaired) electrons. The van der Waals surface area contributed by atoms with E-state index in [-0.39, 0.29) is 24.6 Å². The molecule has 1 aliphatic carbocycles. The third-order valence-electron chi connectivity index (χ3n) is 4.44. The number of aliphatic hydroxyl groups is 3. The van der Waals surface area contributed by atoms with E-state index in [1.165, 1.54) is 5.56 Å². The van der Waals surface area contributed by atoms with Crippen LogP contribution in [0.1, 0.15) is 12.0 Å². The molecule has 4 heteroatoms. The first kappa shape index (κ1) is 12.1. The number of hydrogen-bond donors (Lipinski definition) is 3. The summed E-state index contributed by atoms with van der Waals surface area (Å²) >= 11 is 0. The Morgan fingerprint density at radius 1 is 1.11 bits per heavy atom. The standard InChI is InChI=1S/C14H19NO3/c16-8-12-10-6-11(14(18)13(10)17)15(12)7-9-4-2-1-3-5-9/h1-5,10-14,16-18H,6-8H2/t10-,11-,12+,13-,14+/m0/s1. The van der Waals surface area contributed by atoms with Crippen LogP contribution in [0.5, 0.6) is 0 Å². The van der Waals surface area contributed by atoms with Crippen LogP contribution in [0.4, 0.5) is 0 Å². The number of nitrogens with zero attached hydrogens (tertiary/aromatic N) is 1. The molecule has 2 fully saturated rings. The Bertz CT molecular complexity index is 409. The van der Waals surface area contributed by atoms with E-state index in [0.717, 1.165) is 13.0 Å². The normalized spacial score (nSPS) is 39.4. The SMILES string of the molecule is OC[C@@H]1[C@@H]2C[C@@H]([C@@H](O)[C@H]2O)N1Cc1ccccc1. The van der Waals surface area contributed by atoms with Gasteiger partial charge in [0.1, 0.15) is 0 Å². The highest BCUT2D eigenvalue weighted by molar-refractivity contribution is 5.17. The van der Waals surface area contributed by atoms with Crippen LogP contribution < -0.4 is 0 Å². The largest absolute Gasteiger partial charge is 0.395 e. The first-order chi connectivity index (χ1) is 8.72. The lowest BCUT2D eigenvalue weighted by Crippen LogP contribution is -2.54. The Hall–Kier alpha value is -0.940. The maximum atomic E-state index is 9.98. The summed E-state index contributed by atoms with van der Waals surface area (Å²) in [6.45, 7) is 0.759. The van der Waals surface area contributed by atoms with E-state index < -0.39 is 12.2 Å². The summed E-state index contributed by atoms with van der Waals surface area (Å²) in [6.07, 6.45) is -0.582. The van der Waals surface area contributed by atoms with Crippen molar-refractivity contribution >= 4 is 0 Å². The van der Waals surface area contributed by atoms with E-state index >= 15 is 0 Å². The zero-order chi connectivity index (χ0) is 12.7. The number of piperidine rings is 1. The molecule has 0 spiro atoms. The molecule has 98 valence electrons. The van der Waals surface area contributed by atoms with Crippen LogP contribution in [0.3, 0.4) is 0 Å². The minimum atomic E-state index is -0.681. The molecule has 2 aliphatic rings. The highest BCUT2D eigenvalue weighted by atomic mass is 16.3. The van der Waals surface area contributed by atoms with Crippen molar-refractivity contribution in [3.63, 3.8) is 0 Å². The molecule has 1 saturated heterocycles. The molecule has 1 aliphatic heterocycles. The van der Waals surface area contributed by atoms with Crippen molar-refractivity contribution in [1.82, 2.24) is 4.90 Å². The molecule has 3 N–H and O–H groups in total. The molecule has 0 amide bonds. The first-order valence-electron chi connectivity index (χ1n) is 6.49. The van der Waals surface area contributed by atoms with E-state index in [2.05, 4.69) is 4.90 Å². The van der Waals surface area contributed by atoms with Crippen molar-refractivity contribution in [3.05, 3.63) is 35.9 Å². The Balaban J connectivity index is 1.80. The van der Waals surface area contributed by atoms with Gasteiger partial charge in [0, 0.05) is 24.5 Å². The lowest BCUT2D eigenvalue weighted by atomic mass is 9.95. The van der Waals surface area contributed by atoms with E-state index in [0.29, 0.717) is 0 Å². The summed E-state index contributed by atoms with van der Waals surface area (Å²) in [5, 5.41) is 29.4. The second kappa shape index (κ2) is 4.63. The van der Waals surface area contributed by atoms with Crippen LogP contribution in [0.15, 0.2) is 30.3 Å². The predicted molar refractivity (Wildman–Crippen MR) is 66.8 cm³/mol. The summed E-state index contributed by atoms with van der Waals surface area (Å²) in [5.74, 6) is -0.00119. The van der Waals surface area contributed by atoms with Crippen molar-refractivity contribution in [1.29, 1.82) is 0 Å². The number of benzene rings is 1. The molecule has 0 aromatic heterocycles. The molecular formula is C14H19NO3. The molecule has 3 rings (SSSR count). The Labute approximate surface area is 106 Å². The molecule has 1 heterocycles. The summed E-state index contributed by atoms with van der Waals surface area (Å²) in [7, 11) is 0. The lowest BCUT2D eigenvalue weighted by Gasteiger charge is -2.39. The Morgan fingerprint density at radius 3 is 2.50 bits per heavy atom. The monoisotopic (exact) mass is 249 g/mol. The van der Waals surface area contributed by atoms with Gasteiger partial charge in [-0.3, -0.25) is 4.90 Å². The van der Waals surface area contributed by atoms with Gasteiger partial charge in [0.05, 0.1) is 18.8 Å². The van der Waals surface area contributed by atoms with Crippen molar-refractivity contribution < 1.29 is 15.3 Å². The Kier molecular flexibility index (Phi) is 3.11. The minimum absolute atomic E-state index is 0.00119. The summed E-state index contributed by atoms with van der Waals surface area (Å²) < 4.78 is 0. The van der Waals surface area contributed by atoms with Crippen LogP contribution in [-0.2, 0) is 6.54 Å². The molecule has 4 nitrogen and oxygen atoms in total. The molecule has 2 bridgehead atoms. The van der Waals surface area contributed by atoms with Gasteiger partial charge in [-0.2, -0.15) is 0 Å². The topological polar surface area (TPSA) is 63.9 Å². The van der Waals surface area contributed by atoms with E-state index in [9.17, 15) is 15.3 Å². The summed E-state index contributed by atoms with van der Waals surface area (Å²) in [5.41, 5.74) is 1.17. The van der Waals surface area contributed by atoms with Gasteiger partial charge in [-0.05, 0) is 12.0 Å². The lowest BCUT2D eigenvalue weighted by molar-refractivity contribution is -0.0793. The van der Waals surface area contributed by atoms with Crippen LogP contribution >= 0.6 is 0 Å². The molecule has 18 heavy (non-hydrogen) atoms. The highest BCUT2D eigenvalue weighted by Crippen LogP contribution is 2.43. The number of hydrogen-bond acceptors (Lipinski definition) is 4. The quantitative estimate of drug-likeness (QED) is 0.704. The van der Waals surface area contributed by atoms with Crippen LogP contribution in [0.2, 0.25) is 0 Å². The van der Waals surface area contributed by atoms with Crippen LogP contribution in [-0.4, -0.2) is 51.1 Å². The van der Waals surface area contributed by atoms with Gasteiger partial charge in [-0.25, -0.2) is 0 Å². The third-order valence-corrected chi connectivity index (χ3v) is 4.44. The average Bonchev–Trinajstić information content (AvgIpc) is 2.88. The van der Waals surface area contributed by atoms with Gasteiger partial charge in [0.15, 0.2) is 0 Å². The highest BCUT2D eigenvalue weighted by Gasteiger charge is 2.55. The maximum Gasteiger partial charge on any atom is 0.0957 e. The van der Waals surface area contributed by atoms with Crippen molar-refractivity contribution in [3.8, 4) is 0 Å². The second-order valence-electron chi connectivity index (χ2n) is 5.36. The number of fused-ring (bicyclic) bond motifs is 2. The van der Waals surface area contributed by atoms with Gasteiger partial charge in [-0.15, -0.1) is 0 Å². The van der Waals surface area contributed by atoms with Crippen LogP contribution in [0, 0.1) is 5.92 Å². The van der Waals surface area contributed by atoms with Gasteiger partial charge >= 0.3 is 0 Å². The minimum Gasteiger partial charge on any atom is -0.395 e. The second-order valence-corrected chi connectivity index (χ2v) is 5.36. The fraction of sp³-hybridized carbons (Fsp3) is 0.571. The van der Waals surface area contributed by atoms with E-state index in [1.54, 1.807) is 0 Å². The van der Waals surface area contributed by atoms with Gasteiger partial charge in [0.25, 0.3) is 0 Å². The number of likely N-dealkylation sites (tertiary alicyclic amines) is 1. The molecule has 1 saturated carbocycles. The zero-order valence-electron chi connectivity index (χ0n) is 10.2. The number of aliphatic hydroxyl groups excluding tert-OH is 3. The summed E-state index contributed by atoms with van der Waals surface area (Å²) in [6, 6.07) is 9.98. The molecule has 1 aromatic rings. The fourth-order valence-corrected chi connectivity index (χ4v) is 3.52. The first-order valence-corrected chi connectivity index (χ1v) is 6.49. The summed E-state index contributed by atoms with van der Waals surface area (Å²) in [4.78, 5) is 2.14. The zero-order valence-corrected chi connectivity index (χ0v) is 10.2. The molecule has 5 atom stereocenters. The Morgan fingerprint density at radius 2 is 1.83 bits per heavy atom. The maximum absolute atomic E-state index is 9.98. The van der Waals surface area contributed by atoms with Crippen molar-refractivity contribution in [2.24, 2.45) is 5.92 Å². The van der Waals surface area contributed by atoms with Gasteiger partial charge < -0.3 is 15.3 Å². The molecular weight excluding hydrogens is 230 g/mol. The van der Waals surface area contributed by atoms with Crippen molar-refractivity contribution in [2.45, 2.75) is 37.3 Å². The van der Waals surface area contributed by atoms with Crippen LogP contribution in [0.25, 0.3) is 0 Å². The van der Waals surface area contributed by atoms with Crippen molar-refractivity contribution in [2.75, 3.05) is 6.61 Å². The van der Waals surface area contributed by atoms with Gasteiger partial charge in [0.2, 0.25) is 0 Å². The smallest absolute Gasteiger partial charge is 0.0957 e. The van der Waals surface area contributed by atoms with E-state index in [1.807, 2.05) is 30.3 Å². The number of rotatable bonds is 3. The predicted octanol–water partition coefficient (Wildman–Crippen LogP) is -0.0266. The molecule has 0 unspecified atom stereocenters. The average molecular weight is 249 g/mol. The van der Waals surface area contributed by atoms with Gasteiger partial charge in [-0.1, -0.05) is 30.3 Å².